The highest BCUT2D eigenvalue weighted by atomic mass is 16.1. The molecule has 0 saturated heterocycles. The zero-order valence-corrected chi connectivity index (χ0v) is 19.4. The second-order valence-corrected chi connectivity index (χ2v) is 8.80. The molecule has 2 aromatic heterocycles. The number of fused-ring (bicyclic) bond motifs is 1. The lowest BCUT2D eigenvalue weighted by molar-refractivity contribution is 0.0943. The van der Waals surface area contributed by atoms with Gasteiger partial charge in [0.25, 0.3) is 5.91 Å². The third-order valence-corrected chi connectivity index (χ3v) is 5.45. The van der Waals surface area contributed by atoms with Crippen LogP contribution in [0.25, 0.3) is 10.9 Å². The highest BCUT2D eigenvalue weighted by Crippen LogP contribution is 2.24. The van der Waals surface area contributed by atoms with Crippen LogP contribution in [0.1, 0.15) is 41.0 Å². The first-order chi connectivity index (χ1) is 16.2. The fraction of sp³-hybridized carbons (Fsp3) is 0.192. The Bertz CT molecular complexity index is 1360. The van der Waals surface area contributed by atoms with Crippen LogP contribution >= 0.6 is 0 Å². The number of carbonyl (C=O) groups excluding carboxylic acids is 1. The maximum atomic E-state index is 12.7. The summed E-state index contributed by atoms with van der Waals surface area (Å²) in [5.41, 5.74) is 9.11. The summed E-state index contributed by atoms with van der Waals surface area (Å²) in [6, 6.07) is 18.9. The fourth-order valence-corrected chi connectivity index (χ4v) is 3.55. The lowest BCUT2D eigenvalue weighted by Crippen LogP contribution is -2.44. The number of amides is 1. The molecule has 0 spiro atoms. The molecule has 172 valence electrons. The van der Waals surface area contributed by atoms with Crippen molar-refractivity contribution in [2.24, 2.45) is 0 Å². The van der Waals surface area contributed by atoms with Crippen molar-refractivity contribution in [3.8, 4) is 0 Å². The van der Waals surface area contributed by atoms with Crippen molar-refractivity contribution < 1.29 is 4.79 Å². The molecule has 2 aromatic carbocycles. The van der Waals surface area contributed by atoms with E-state index in [1.807, 2.05) is 75.4 Å². The number of hydrogen-bond acceptors (Lipinski definition) is 7. The van der Waals surface area contributed by atoms with Crippen LogP contribution in [0.5, 0.6) is 0 Å². The van der Waals surface area contributed by atoms with E-state index >= 15 is 0 Å². The number of anilines is 2. The molecule has 2 heterocycles. The molecule has 34 heavy (non-hydrogen) atoms. The zero-order valence-electron chi connectivity index (χ0n) is 19.4. The Kier molecular flexibility index (Phi) is 6.23. The largest absolute Gasteiger partial charge is 0.383 e. The monoisotopic (exact) mass is 453 g/mol. The van der Waals surface area contributed by atoms with Gasteiger partial charge in [0.2, 0.25) is 0 Å². The van der Waals surface area contributed by atoms with Crippen LogP contribution in [0.2, 0.25) is 0 Å². The van der Waals surface area contributed by atoms with Gasteiger partial charge in [-0.3, -0.25) is 10.2 Å². The number of hydrogen-bond donors (Lipinski definition) is 4. The number of nitrogens with zero attached hydrogens (tertiary/aromatic N) is 3. The topological polar surface area (TPSA) is 130 Å². The molecule has 8 heteroatoms. The minimum atomic E-state index is -0.602. The van der Waals surface area contributed by atoms with Crippen molar-refractivity contribution >= 4 is 34.2 Å². The summed E-state index contributed by atoms with van der Waals surface area (Å²) < 4.78 is 0. The molecular formula is C26H27N7O. The Morgan fingerprint density at radius 1 is 1.03 bits per heavy atom. The highest BCUT2D eigenvalue weighted by Gasteiger charge is 2.24. The number of aryl methyl sites for hydroxylation is 1. The van der Waals surface area contributed by atoms with E-state index in [1.165, 1.54) is 6.33 Å². The first-order valence-corrected chi connectivity index (χ1v) is 10.9. The van der Waals surface area contributed by atoms with E-state index in [0.717, 1.165) is 16.5 Å². The SMILES string of the molecule is Cc1ccc(C(=N)c2c(N)ncnc2NC(C)(C)CNC(=O)c2ccc3ccccc3n2)cc1. The average molecular weight is 454 g/mol. The van der Waals surface area contributed by atoms with Crippen LogP contribution in [0, 0.1) is 12.3 Å². The number of pyridine rings is 1. The quantitative estimate of drug-likeness (QED) is 0.314. The van der Waals surface area contributed by atoms with Crippen LogP contribution < -0.4 is 16.4 Å². The molecule has 0 aliphatic rings. The summed E-state index contributed by atoms with van der Waals surface area (Å²) in [7, 11) is 0. The Morgan fingerprint density at radius 2 is 1.76 bits per heavy atom. The third-order valence-electron chi connectivity index (χ3n) is 5.45. The lowest BCUT2D eigenvalue weighted by atomic mass is 10.00. The van der Waals surface area contributed by atoms with Gasteiger partial charge in [-0.1, -0.05) is 54.1 Å². The zero-order chi connectivity index (χ0) is 24.3. The molecule has 0 aliphatic carbocycles. The van der Waals surface area contributed by atoms with E-state index < -0.39 is 5.54 Å². The van der Waals surface area contributed by atoms with Crippen LogP contribution in [-0.2, 0) is 0 Å². The predicted molar refractivity (Wildman–Crippen MR) is 135 cm³/mol. The minimum Gasteiger partial charge on any atom is -0.383 e. The average Bonchev–Trinajstić information content (AvgIpc) is 2.82. The molecule has 0 saturated carbocycles. The maximum Gasteiger partial charge on any atom is 0.269 e. The molecular weight excluding hydrogens is 426 g/mol. The summed E-state index contributed by atoms with van der Waals surface area (Å²) in [5.74, 6) is 0.375. The van der Waals surface area contributed by atoms with Gasteiger partial charge in [0.1, 0.15) is 23.7 Å². The lowest BCUT2D eigenvalue weighted by Gasteiger charge is -2.28. The molecule has 0 aliphatic heterocycles. The van der Waals surface area contributed by atoms with Crippen molar-refractivity contribution in [3.63, 3.8) is 0 Å². The molecule has 0 radical (unpaired) electrons. The number of aromatic nitrogens is 3. The van der Waals surface area contributed by atoms with Crippen LogP contribution in [0.4, 0.5) is 11.6 Å². The minimum absolute atomic E-state index is 0.211. The van der Waals surface area contributed by atoms with E-state index in [1.54, 1.807) is 6.07 Å². The molecule has 1 amide bonds. The first-order valence-electron chi connectivity index (χ1n) is 10.9. The normalized spacial score (nSPS) is 11.3. The number of rotatable bonds is 7. The number of nitrogens with two attached hydrogens (primary N) is 1. The van der Waals surface area contributed by atoms with Gasteiger partial charge in [0.15, 0.2) is 0 Å². The number of nitrogen functional groups attached to an aromatic ring is 1. The molecule has 0 bridgehead atoms. The van der Waals surface area contributed by atoms with Crippen molar-refractivity contribution in [2.75, 3.05) is 17.6 Å². The number of carbonyl (C=O) groups is 1. The van der Waals surface area contributed by atoms with E-state index in [2.05, 4.69) is 25.6 Å². The number of benzene rings is 2. The Morgan fingerprint density at radius 3 is 2.53 bits per heavy atom. The van der Waals surface area contributed by atoms with Gasteiger partial charge in [-0.15, -0.1) is 0 Å². The van der Waals surface area contributed by atoms with Crippen LogP contribution in [0.3, 0.4) is 0 Å². The molecule has 0 atom stereocenters. The smallest absolute Gasteiger partial charge is 0.269 e. The Labute approximate surface area is 198 Å². The fourth-order valence-electron chi connectivity index (χ4n) is 3.55. The molecule has 8 nitrogen and oxygen atoms in total. The highest BCUT2D eigenvalue weighted by molar-refractivity contribution is 6.16. The Balaban J connectivity index is 1.50. The number of nitrogens with one attached hydrogen (secondary N) is 3. The van der Waals surface area contributed by atoms with Crippen molar-refractivity contribution in [2.45, 2.75) is 26.3 Å². The second-order valence-electron chi connectivity index (χ2n) is 8.80. The maximum absolute atomic E-state index is 12.7. The molecule has 4 rings (SSSR count). The summed E-state index contributed by atoms with van der Waals surface area (Å²) >= 11 is 0. The standard InChI is InChI=1S/C26H27N7O/c1-16-8-10-18(11-9-16)22(27)21-23(28)30-15-31-24(21)33-26(2,3)14-29-25(34)20-13-12-17-6-4-5-7-19(17)32-20/h4-13,15,27H,14H2,1-3H3,(H,29,34)(H3,28,30,31,33). The van der Waals surface area contributed by atoms with E-state index in [-0.39, 0.29) is 17.4 Å². The second kappa shape index (κ2) is 9.27. The van der Waals surface area contributed by atoms with E-state index in [4.69, 9.17) is 11.1 Å². The van der Waals surface area contributed by atoms with Gasteiger partial charge in [-0.25, -0.2) is 15.0 Å². The van der Waals surface area contributed by atoms with Gasteiger partial charge in [0.05, 0.1) is 22.3 Å². The van der Waals surface area contributed by atoms with Crippen LogP contribution in [0.15, 0.2) is 67.0 Å². The van der Waals surface area contributed by atoms with Crippen LogP contribution in [-0.4, -0.2) is 38.7 Å². The summed E-state index contributed by atoms with van der Waals surface area (Å²) in [6.07, 6.45) is 1.36. The predicted octanol–water partition coefficient (Wildman–Crippen LogP) is 3.95. The van der Waals surface area contributed by atoms with Gasteiger partial charge >= 0.3 is 0 Å². The summed E-state index contributed by atoms with van der Waals surface area (Å²) in [5, 5.41) is 15.9. The molecule has 5 N–H and O–H groups in total. The summed E-state index contributed by atoms with van der Waals surface area (Å²) in [4.78, 5) is 25.6. The van der Waals surface area contributed by atoms with E-state index in [0.29, 0.717) is 29.2 Å². The Hall–Kier alpha value is -4.33. The van der Waals surface area contributed by atoms with Crippen molar-refractivity contribution in [1.29, 1.82) is 5.41 Å². The molecule has 0 unspecified atom stereocenters. The van der Waals surface area contributed by atoms with Crippen molar-refractivity contribution in [3.05, 3.63) is 89.4 Å². The third kappa shape index (κ3) is 5.01. The first kappa shape index (κ1) is 22.8. The van der Waals surface area contributed by atoms with E-state index in [9.17, 15) is 4.79 Å². The van der Waals surface area contributed by atoms with Gasteiger partial charge in [0, 0.05) is 17.5 Å². The van der Waals surface area contributed by atoms with Gasteiger partial charge in [-0.2, -0.15) is 0 Å². The van der Waals surface area contributed by atoms with Gasteiger partial charge < -0.3 is 16.4 Å². The molecule has 4 aromatic rings. The summed E-state index contributed by atoms with van der Waals surface area (Å²) in [6.45, 7) is 6.14. The van der Waals surface area contributed by atoms with Gasteiger partial charge in [-0.05, 0) is 32.9 Å². The number of para-hydroxylation sites is 1. The molecule has 0 fully saturated rings. The van der Waals surface area contributed by atoms with Crippen molar-refractivity contribution in [1.82, 2.24) is 20.3 Å².